The first-order chi connectivity index (χ1) is 7.11. The lowest BCUT2D eigenvalue weighted by Gasteiger charge is -1.99. The number of carbonyl (C=O) groups excluding carboxylic acids is 2. The molecule has 7 nitrogen and oxygen atoms in total. The van der Waals surface area contributed by atoms with E-state index in [9.17, 15) is 9.59 Å². The number of anilines is 1. The topological polar surface area (TPSA) is 86.1 Å². The summed E-state index contributed by atoms with van der Waals surface area (Å²) in [6, 6.07) is 0. The summed E-state index contributed by atoms with van der Waals surface area (Å²) in [5.74, 6) is -0.340. The molecule has 82 valence electrons. The van der Waals surface area contributed by atoms with Crippen LogP contribution in [0, 0.1) is 0 Å². The Morgan fingerprint density at radius 1 is 1.60 bits per heavy atom. The zero-order valence-electron chi connectivity index (χ0n) is 8.56. The molecule has 0 saturated heterocycles. The molecule has 15 heavy (non-hydrogen) atoms. The summed E-state index contributed by atoms with van der Waals surface area (Å²) in [4.78, 5) is 22.9. The summed E-state index contributed by atoms with van der Waals surface area (Å²) in [7, 11) is 0. The molecule has 0 radical (unpaired) electrons. The van der Waals surface area contributed by atoms with Gasteiger partial charge in [-0.1, -0.05) is 0 Å². The van der Waals surface area contributed by atoms with E-state index in [-0.39, 0.29) is 12.5 Å². The Balaban J connectivity index is 2.52. The van der Waals surface area contributed by atoms with Gasteiger partial charge in [0.25, 0.3) is 0 Å². The Kier molecular flexibility index (Phi) is 3.78. The maximum Gasteiger partial charge on any atom is 0.329 e. The molecule has 0 spiro atoms. The molecule has 1 heterocycles. The molecular weight excluding hydrogens is 200 g/mol. The molecule has 0 saturated carbocycles. The van der Waals surface area contributed by atoms with E-state index in [1.807, 2.05) is 0 Å². The molecule has 1 N–H and O–H groups in total. The number of carbonyl (C=O) groups is 2. The Bertz CT molecular complexity index is 361. The van der Waals surface area contributed by atoms with Crippen LogP contribution in [0.3, 0.4) is 0 Å². The highest BCUT2D eigenvalue weighted by molar-refractivity contribution is 5.87. The Labute approximate surface area is 86.4 Å². The van der Waals surface area contributed by atoms with Crippen LogP contribution >= 0.6 is 0 Å². The van der Waals surface area contributed by atoms with E-state index in [0.29, 0.717) is 12.4 Å². The van der Waals surface area contributed by atoms with E-state index in [2.05, 4.69) is 15.5 Å². The van der Waals surface area contributed by atoms with Crippen molar-refractivity contribution in [2.24, 2.45) is 0 Å². The van der Waals surface area contributed by atoms with E-state index in [1.54, 1.807) is 6.92 Å². The SMILES string of the molecule is CCOC(=O)Cn1ncc(NC(C)=O)n1. The minimum atomic E-state index is -0.414. The van der Waals surface area contributed by atoms with Crippen molar-refractivity contribution >= 4 is 17.7 Å². The van der Waals surface area contributed by atoms with Gasteiger partial charge in [0.05, 0.1) is 12.8 Å². The lowest BCUT2D eigenvalue weighted by molar-refractivity contribution is -0.144. The number of hydrogen-bond donors (Lipinski definition) is 1. The van der Waals surface area contributed by atoms with Crippen molar-refractivity contribution < 1.29 is 14.3 Å². The van der Waals surface area contributed by atoms with Gasteiger partial charge < -0.3 is 10.1 Å². The molecule has 0 aliphatic rings. The average molecular weight is 212 g/mol. The zero-order valence-corrected chi connectivity index (χ0v) is 8.56. The van der Waals surface area contributed by atoms with Crippen LogP contribution in [0.5, 0.6) is 0 Å². The molecule has 0 fully saturated rings. The van der Waals surface area contributed by atoms with Crippen molar-refractivity contribution in [3.8, 4) is 0 Å². The van der Waals surface area contributed by atoms with Gasteiger partial charge in [0.2, 0.25) is 5.91 Å². The minimum absolute atomic E-state index is 0.0621. The van der Waals surface area contributed by atoms with Gasteiger partial charge in [-0.3, -0.25) is 4.79 Å². The standard InChI is InChI=1S/C8H12N4O3/c1-3-15-8(14)5-12-9-4-7(11-12)10-6(2)13/h4H,3,5H2,1-2H3,(H,10,11,13). The molecule has 0 aliphatic carbocycles. The van der Waals surface area contributed by atoms with E-state index >= 15 is 0 Å². The highest BCUT2D eigenvalue weighted by atomic mass is 16.5. The van der Waals surface area contributed by atoms with Crippen LogP contribution < -0.4 is 5.32 Å². The molecule has 1 aromatic rings. The van der Waals surface area contributed by atoms with Crippen LogP contribution in [-0.2, 0) is 20.9 Å². The first-order valence-electron chi connectivity index (χ1n) is 4.45. The Morgan fingerprint density at radius 3 is 2.93 bits per heavy atom. The molecule has 0 unspecified atom stereocenters. The van der Waals surface area contributed by atoms with Gasteiger partial charge in [-0.25, -0.2) is 4.79 Å². The third-order valence-electron chi connectivity index (χ3n) is 1.42. The number of amides is 1. The number of ether oxygens (including phenoxy) is 1. The van der Waals surface area contributed by atoms with Gasteiger partial charge in [0.15, 0.2) is 12.4 Å². The van der Waals surface area contributed by atoms with Crippen molar-refractivity contribution in [1.82, 2.24) is 15.0 Å². The Hall–Kier alpha value is -1.92. The summed E-state index contributed by atoms with van der Waals surface area (Å²) < 4.78 is 4.71. The molecule has 1 rings (SSSR count). The monoisotopic (exact) mass is 212 g/mol. The smallest absolute Gasteiger partial charge is 0.329 e. The quantitative estimate of drug-likeness (QED) is 0.698. The number of esters is 1. The van der Waals surface area contributed by atoms with Crippen LogP contribution in [0.15, 0.2) is 6.20 Å². The number of nitrogens with one attached hydrogen (secondary N) is 1. The normalized spacial score (nSPS) is 9.73. The minimum Gasteiger partial charge on any atom is -0.465 e. The van der Waals surface area contributed by atoms with Crippen LogP contribution in [0.4, 0.5) is 5.82 Å². The predicted molar refractivity (Wildman–Crippen MR) is 51.0 cm³/mol. The second-order valence-electron chi connectivity index (χ2n) is 2.75. The molecule has 1 amide bonds. The third kappa shape index (κ3) is 3.75. The fraction of sp³-hybridized carbons (Fsp3) is 0.500. The first-order valence-corrected chi connectivity index (χ1v) is 4.45. The first kappa shape index (κ1) is 11.2. The zero-order chi connectivity index (χ0) is 11.3. The van der Waals surface area contributed by atoms with Crippen molar-refractivity contribution in [3.63, 3.8) is 0 Å². The summed E-state index contributed by atoms with van der Waals surface area (Å²) in [5, 5.41) is 10.1. The highest BCUT2D eigenvalue weighted by Crippen LogP contribution is 1.98. The van der Waals surface area contributed by atoms with Crippen molar-refractivity contribution in [3.05, 3.63) is 6.20 Å². The van der Waals surface area contributed by atoms with E-state index in [0.717, 1.165) is 4.80 Å². The number of aromatic nitrogens is 3. The van der Waals surface area contributed by atoms with Gasteiger partial charge in [-0.15, -0.1) is 5.10 Å². The molecule has 0 bridgehead atoms. The molecule has 0 aliphatic heterocycles. The highest BCUT2D eigenvalue weighted by Gasteiger charge is 2.06. The van der Waals surface area contributed by atoms with Crippen molar-refractivity contribution in [1.29, 1.82) is 0 Å². The summed E-state index contributed by atoms with van der Waals surface area (Å²) in [6.07, 6.45) is 1.36. The van der Waals surface area contributed by atoms with E-state index < -0.39 is 5.97 Å². The third-order valence-corrected chi connectivity index (χ3v) is 1.42. The van der Waals surface area contributed by atoms with E-state index in [1.165, 1.54) is 13.1 Å². The fourth-order valence-electron chi connectivity index (χ4n) is 0.933. The lowest BCUT2D eigenvalue weighted by atomic mass is 10.6. The predicted octanol–water partition coefficient (Wildman–Crippen LogP) is -0.200. The number of hydrogen-bond acceptors (Lipinski definition) is 5. The van der Waals surface area contributed by atoms with Gasteiger partial charge in [-0.05, 0) is 6.92 Å². The van der Waals surface area contributed by atoms with Gasteiger partial charge in [0.1, 0.15) is 0 Å². The maximum absolute atomic E-state index is 11.0. The second kappa shape index (κ2) is 5.08. The summed E-state index contributed by atoms with van der Waals surface area (Å²) in [6.45, 7) is 3.34. The molecule has 7 heteroatoms. The summed E-state index contributed by atoms with van der Waals surface area (Å²) >= 11 is 0. The maximum atomic E-state index is 11.0. The lowest BCUT2D eigenvalue weighted by Crippen LogP contribution is -2.16. The second-order valence-corrected chi connectivity index (χ2v) is 2.75. The summed E-state index contributed by atoms with van der Waals surface area (Å²) in [5.41, 5.74) is 0. The van der Waals surface area contributed by atoms with E-state index in [4.69, 9.17) is 4.74 Å². The van der Waals surface area contributed by atoms with Crippen molar-refractivity contribution in [2.75, 3.05) is 11.9 Å². The fourth-order valence-corrected chi connectivity index (χ4v) is 0.933. The Morgan fingerprint density at radius 2 is 2.33 bits per heavy atom. The van der Waals surface area contributed by atoms with Crippen LogP contribution in [0.1, 0.15) is 13.8 Å². The van der Waals surface area contributed by atoms with Crippen LogP contribution in [0.2, 0.25) is 0 Å². The molecule has 0 atom stereocenters. The van der Waals surface area contributed by atoms with Crippen molar-refractivity contribution in [2.45, 2.75) is 20.4 Å². The number of rotatable bonds is 4. The number of nitrogens with zero attached hydrogens (tertiary/aromatic N) is 3. The molecular formula is C8H12N4O3. The van der Waals surface area contributed by atoms with Gasteiger partial charge in [0, 0.05) is 6.92 Å². The largest absolute Gasteiger partial charge is 0.465 e. The average Bonchev–Trinajstić information content (AvgIpc) is 2.51. The molecule has 1 aromatic heterocycles. The van der Waals surface area contributed by atoms with Gasteiger partial charge in [-0.2, -0.15) is 9.90 Å². The van der Waals surface area contributed by atoms with Crippen LogP contribution in [-0.4, -0.2) is 33.5 Å². The molecule has 0 aromatic carbocycles. The van der Waals surface area contributed by atoms with Gasteiger partial charge >= 0.3 is 5.97 Å². The van der Waals surface area contributed by atoms with Crippen LogP contribution in [0.25, 0.3) is 0 Å².